The molecule has 0 amide bonds. The third kappa shape index (κ3) is 5.05. The molecule has 0 aliphatic rings. The van der Waals surface area contributed by atoms with Gasteiger partial charge in [0.25, 0.3) is 0 Å². The van der Waals surface area contributed by atoms with Crippen LogP contribution in [-0.2, 0) is 9.53 Å². The Balaban J connectivity index is 2.49. The third-order valence-corrected chi connectivity index (χ3v) is 3.37. The zero-order valence-electron chi connectivity index (χ0n) is 14.9. The second-order valence-electron chi connectivity index (χ2n) is 6.82. The molecule has 0 radical (unpaired) electrons. The van der Waals surface area contributed by atoms with Crippen LogP contribution in [0.5, 0.6) is 5.75 Å². The Hall–Kier alpha value is -2.88. The fourth-order valence-electron chi connectivity index (χ4n) is 2.24. The van der Waals surface area contributed by atoms with Gasteiger partial charge >= 0.3 is 5.97 Å². The van der Waals surface area contributed by atoms with E-state index in [0.29, 0.717) is 5.56 Å². The molecule has 25 heavy (non-hydrogen) atoms. The molecule has 0 bridgehead atoms. The molecule has 0 unspecified atom stereocenters. The first kappa shape index (κ1) is 18.5. The molecule has 0 aliphatic carbocycles. The van der Waals surface area contributed by atoms with Gasteiger partial charge in [-0.25, -0.2) is 4.79 Å². The van der Waals surface area contributed by atoms with Crippen molar-refractivity contribution in [3.05, 3.63) is 70.8 Å². The summed E-state index contributed by atoms with van der Waals surface area (Å²) in [5, 5.41) is 10.1. The number of carbonyl (C=O) groups excluding carboxylic acids is 2. The molecule has 0 saturated heterocycles. The Labute approximate surface area is 147 Å². The fraction of sp³-hybridized carbons (Fsp3) is 0.238. The topological polar surface area (TPSA) is 63.6 Å². The SMILES string of the molecule is Cc1ccc(C(=O)/C(=C/c2ccccc2)C(=O)OC(C)(C)C)c(O)c1. The number of hydrogen-bond donors (Lipinski definition) is 1. The number of ether oxygens (including phenoxy) is 1. The number of phenolic OH excluding ortho intramolecular Hbond substituents is 1. The highest BCUT2D eigenvalue weighted by atomic mass is 16.6. The van der Waals surface area contributed by atoms with Crippen molar-refractivity contribution in [1.29, 1.82) is 0 Å². The van der Waals surface area contributed by atoms with E-state index in [1.54, 1.807) is 39.0 Å². The molecule has 2 aromatic rings. The van der Waals surface area contributed by atoms with Crippen LogP contribution in [0.15, 0.2) is 54.1 Å². The van der Waals surface area contributed by atoms with Crippen LogP contribution < -0.4 is 0 Å². The Kier molecular flexibility index (Phi) is 5.42. The van der Waals surface area contributed by atoms with E-state index in [1.165, 1.54) is 18.2 Å². The molecule has 0 heterocycles. The average Bonchev–Trinajstić information content (AvgIpc) is 2.51. The molecule has 4 nitrogen and oxygen atoms in total. The number of carbonyl (C=O) groups is 2. The van der Waals surface area contributed by atoms with Crippen LogP contribution in [0.25, 0.3) is 6.08 Å². The quantitative estimate of drug-likeness (QED) is 0.297. The van der Waals surface area contributed by atoms with Crippen molar-refractivity contribution in [3.63, 3.8) is 0 Å². The third-order valence-electron chi connectivity index (χ3n) is 3.37. The van der Waals surface area contributed by atoms with Crippen LogP contribution in [0.2, 0.25) is 0 Å². The molecule has 1 N–H and O–H groups in total. The maximum atomic E-state index is 12.9. The molecule has 0 aliphatic heterocycles. The number of ketones is 1. The first-order valence-corrected chi connectivity index (χ1v) is 8.02. The number of benzene rings is 2. The number of esters is 1. The van der Waals surface area contributed by atoms with Gasteiger partial charge in [0.15, 0.2) is 0 Å². The van der Waals surface area contributed by atoms with E-state index in [4.69, 9.17) is 4.74 Å². The smallest absolute Gasteiger partial charge is 0.342 e. The van der Waals surface area contributed by atoms with Gasteiger partial charge in [-0.1, -0.05) is 36.4 Å². The van der Waals surface area contributed by atoms with E-state index in [0.717, 1.165) is 5.56 Å². The summed E-state index contributed by atoms with van der Waals surface area (Å²) in [5.74, 6) is -1.45. The Morgan fingerprint density at radius 2 is 1.68 bits per heavy atom. The first-order valence-electron chi connectivity index (χ1n) is 8.02. The number of hydrogen-bond acceptors (Lipinski definition) is 4. The lowest BCUT2D eigenvalue weighted by Crippen LogP contribution is -2.27. The normalized spacial score (nSPS) is 11.9. The van der Waals surface area contributed by atoms with Crippen LogP contribution in [0.4, 0.5) is 0 Å². The number of aryl methyl sites for hydroxylation is 1. The molecular weight excluding hydrogens is 316 g/mol. The van der Waals surface area contributed by atoms with Gasteiger partial charge in [0.05, 0.1) is 5.56 Å². The van der Waals surface area contributed by atoms with Crippen LogP contribution in [-0.4, -0.2) is 22.5 Å². The van der Waals surface area contributed by atoms with Crippen LogP contribution in [0, 0.1) is 6.92 Å². The van der Waals surface area contributed by atoms with E-state index < -0.39 is 17.4 Å². The van der Waals surface area contributed by atoms with Gasteiger partial charge < -0.3 is 9.84 Å². The zero-order chi connectivity index (χ0) is 18.6. The standard InChI is InChI=1S/C21H22O4/c1-14-10-11-16(18(22)12-14)19(23)17(20(24)25-21(2,3)4)13-15-8-6-5-7-9-15/h5-13,22H,1-4H3/b17-13-. The van der Waals surface area contributed by atoms with Crippen molar-refractivity contribution in [2.24, 2.45) is 0 Å². The lowest BCUT2D eigenvalue weighted by atomic mass is 9.99. The molecule has 0 spiro atoms. The maximum absolute atomic E-state index is 12.9. The Bertz CT molecular complexity index is 812. The molecule has 4 heteroatoms. The number of Topliss-reactive ketones (excluding diaryl/α,β-unsaturated/α-hetero) is 1. The van der Waals surface area contributed by atoms with E-state index in [2.05, 4.69) is 0 Å². The monoisotopic (exact) mass is 338 g/mol. The van der Waals surface area contributed by atoms with Gasteiger partial charge in [-0.15, -0.1) is 0 Å². The van der Waals surface area contributed by atoms with Gasteiger partial charge in [0, 0.05) is 0 Å². The van der Waals surface area contributed by atoms with Crippen molar-refractivity contribution in [2.75, 3.05) is 0 Å². The van der Waals surface area contributed by atoms with Gasteiger partial charge in [0.2, 0.25) is 5.78 Å². The zero-order valence-corrected chi connectivity index (χ0v) is 14.9. The minimum Gasteiger partial charge on any atom is -0.507 e. The second kappa shape index (κ2) is 7.34. The first-order chi connectivity index (χ1) is 11.7. The minimum atomic E-state index is -0.734. The van der Waals surface area contributed by atoms with Gasteiger partial charge in [0.1, 0.15) is 16.9 Å². The number of phenols is 1. The van der Waals surface area contributed by atoms with Crippen molar-refractivity contribution in [1.82, 2.24) is 0 Å². The predicted octanol–water partition coefficient (Wildman–Crippen LogP) is 4.31. The summed E-state index contributed by atoms with van der Waals surface area (Å²) < 4.78 is 5.37. The number of rotatable bonds is 4. The van der Waals surface area contributed by atoms with Gasteiger partial charge in [-0.3, -0.25) is 4.79 Å². The Morgan fingerprint density at radius 1 is 1.04 bits per heavy atom. The van der Waals surface area contributed by atoms with Crippen molar-refractivity contribution in [3.8, 4) is 5.75 Å². The molecule has 0 aromatic heterocycles. The summed E-state index contributed by atoms with van der Waals surface area (Å²) in [6.45, 7) is 7.01. The highest BCUT2D eigenvalue weighted by molar-refractivity contribution is 6.27. The van der Waals surface area contributed by atoms with Crippen molar-refractivity contribution in [2.45, 2.75) is 33.3 Å². The average molecular weight is 338 g/mol. The highest BCUT2D eigenvalue weighted by Crippen LogP contribution is 2.24. The summed E-state index contributed by atoms with van der Waals surface area (Å²) in [6, 6.07) is 13.7. The highest BCUT2D eigenvalue weighted by Gasteiger charge is 2.27. The van der Waals surface area contributed by atoms with E-state index in [9.17, 15) is 14.7 Å². The summed E-state index contributed by atoms with van der Waals surface area (Å²) in [5.41, 5.74) is 0.727. The molecular formula is C21H22O4. The van der Waals surface area contributed by atoms with E-state index in [-0.39, 0.29) is 16.9 Å². The molecule has 0 saturated carbocycles. The number of aromatic hydroxyl groups is 1. The Morgan fingerprint density at radius 3 is 2.24 bits per heavy atom. The largest absolute Gasteiger partial charge is 0.507 e. The fourth-order valence-corrected chi connectivity index (χ4v) is 2.24. The summed E-state index contributed by atoms with van der Waals surface area (Å²) >= 11 is 0. The molecule has 2 rings (SSSR count). The molecule has 2 aromatic carbocycles. The molecule has 0 fully saturated rings. The predicted molar refractivity (Wildman–Crippen MR) is 97.4 cm³/mol. The minimum absolute atomic E-state index is 0.0682. The van der Waals surface area contributed by atoms with Crippen LogP contribution in [0.3, 0.4) is 0 Å². The van der Waals surface area contributed by atoms with Crippen LogP contribution >= 0.6 is 0 Å². The maximum Gasteiger partial charge on any atom is 0.342 e. The van der Waals surface area contributed by atoms with E-state index >= 15 is 0 Å². The lowest BCUT2D eigenvalue weighted by molar-refractivity contribution is -0.149. The van der Waals surface area contributed by atoms with Crippen LogP contribution in [0.1, 0.15) is 42.3 Å². The molecule has 0 atom stereocenters. The molecule has 130 valence electrons. The van der Waals surface area contributed by atoms with Gasteiger partial charge in [-0.05, 0) is 57.0 Å². The van der Waals surface area contributed by atoms with Crippen molar-refractivity contribution < 1.29 is 19.4 Å². The second-order valence-corrected chi connectivity index (χ2v) is 6.82. The van der Waals surface area contributed by atoms with E-state index in [1.807, 2.05) is 25.1 Å². The van der Waals surface area contributed by atoms with Crippen molar-refractivity contribution >= 4 is 17.8 Å². The summed E-state index contributed by atoms with van der Waals surface area (Å²) in [6.07, 6.45) is 1.48. The summed E-state index contributed by atoms with van der Waals surface area (Å²) in [4.78, 5) is 25.4. The lowest BCUT2D eigenvalue weighted by Gasteiger charge is -2.20. The van der Waals surface area contributed by atoms with Gasteiger partial charge in [-0.2, -0.15) is 0 Å². The summed E-state index contributed by atoms with van der Waals surface area (Å²) in [7, 11) is 0.